The lowest BCUT2D eigenvalue weighted by Gasteiger charge is -2.33. The molecule has 154 valence electrons. The summed E-state index contributed by atoms with van der Waals surface area (Å²) in [5.74, 6) is 1.05. The number of esters is 1. The van der Waals surface area contributed by atoms with E-state index in [1.165, 1.54) is 19.2 Å². The Balaban J connectivity index is 1.50. The standard InChI is InChI=1S/C21H25FN4O3/c1-23-21(26-10-8-16(9-11-26)20(27)28-2)25-14-15-6-7-19(24-13-15)29-18-5-3-4-17(22)12-18/h3-7,12-13,16H,8-11,14H2,1-2H3,(H,23,25). The number of nitrogens with zero attached hydrogens (tertiary/aromatic N) is 3. The van der Waals surface area contributed by atoms with Crippen LogP contribution >= 0.6 is 0 Å². The molecule has 1 saturated heterocycles. The molecule has 8 heteroatoms. The molecule has 1 aromatic heterocycles. The van der Waals surface area contributed by atoms with E-state index >= 15 is 0 Å². The van der Waals surface area contributed by atoms with Crippen LogP contribution < -0.4 is 10.1 Å². The summed E-state index contributed by atoms with van der Waals surface area (Å²) in [6, 6.07) is 9.57. The topological polar surface area (TPSA) is 76.1 Å². The van der Waals surface area contributed by atoms with Crippen molar-refractivity contribution in [3.05, 3.63) is 54.0 Å². The lowest BCUT2D eigenvalue weighted by Crippen LogP contribution is -2.46. The van der Waals surface area contributed by atoms with Crippen LogP contribution in [0.1, 0.15) is 18.4 Å². The summed E-state index contributed by atoms with van der Waals surface area (Å²) in [4.78, 5) is 22.4. The third kappa shape index (κ3) is 5.66. The molecule has 0 atom stereocenters. The van der Waals surface area contributed by atoms with Gasteiger partial charge < -0.3 is 19.7 Å². The van der Waals surface area contributed by atoms with E-state index in [0.717, 1.165) is 37.5 Å². The average molecular weight is 400 g/mol. The molecule has 0 bridgehead atoms. The smallest absolute Gasteiger partial charge is 0.308 e. The zero-order valence-corrected chi connectivity index (χ0v) is 16.6. The van der Waals surface area contributed by atoms with Gasteiger partial charge in [0.1, 0.15) is 11.6 Å². The van der Waals surface area contributed by atoms with Crippen molar-refractivity contribution >= 4 is 11.9 Å². The highest BCUT2D eigenvalue weighted by Crippen LogP contribution is 2.20. The third-order valence-corrected chi connectivity index (χ3v) is 4.81. The van der Waals surface area contributed by atoms with Crippen LogP contribution in [0.4, 0.5) is 4.39 Å². The Bertz CT molecular complexity index is 849. The number of piperidine rings is 1. The number of aromatic nitrogens is 1. The number of hydrogen-bond donors (Lipinski definition) is 1. The van der Waals surface area contributed by atoms with Gasteiger partial charge in [-0.25, -0.2) is 9.37 Å². The highest BCUT2D eigenvalue weighted by Gasteiger charge is 2.26. The van der Waals surface area contributed by atoms with Crippen molar-refractivity contribution in [1.82, 2.24) is 15.2 Å². The summed E-state index contributed by atoms with van der Waals surface area (Å²) in [6.45, 7) is 2.05. The number of methoxy groups -OCH3 is 1. The molecule has 0 aliphatic carbocycles. The fraction of sp³-hybridized carbons (Fsp3) is 0.381. The van der Waals surface area contributed by atoms with Crippen LogP contribution in [0.15, 0.2) is 47.6 Å². The zero-order chi connectivity index (χ0) is 20.6. The van der Waals surface area contributed by atoms with E-state index in [4.69, 9.17) is 9.47 Å². The van der Waals surface area contributed by atoms with Crippen molar-refractivity contribution in [1.29, 1.82) is 0 Å². The SMILES string of the molecule is CN=C(NCc1ccc(Oc2cccc(F)c2)nc1)N1CCC(C(=O)OC)CC1. The highest BCUT2D eigenvalue weighted by atomic mass is 19.1. The molecular formula is C21H25FN4O3. The van der Waals surface area contributed by atoms with E-state index in [9.17, 15) is 9.18 Å². The predicted molar refractivity (Wildman–Crippen MR) is 107 cm³/mol. The fourth-order valence-electron chi connectivity index (χ4n) is 3.23. The maximum atomic E-state index is 13.2. The molecular weight excluding hydrogens is 375 g/mol. The first-order chi connectivity index (χ1) is 14.1. The van der Waals surface area contributed by atoms with Gasteiger partial charge in [-0.1, -0.05) is 12.1 Å². The molecule has 2 heterocycles. The van der Waals surface area contributed by atoms with Crippen LogP contribution in [-0.4, -0.2) is 49.1 Å². The van der Waals surface area contributed by atoms with Gasteiger partial charge >= 0.3 is 5.97 Å². The van der Waals surface area contributed by atoms with Crippen molar-refractivity contribution in [2.24, 2.45) is 10.9 Å². The Morgan fingerprint density at radius 2 is 2.10 bits per heavy atom. The molecule has 0 saturated carbocycles. The molecule has 1 aliphatic rings. The van der Waals surface area contributed by atoms with Crippen molar-refractivity contribution in [2.45, 2.75) is 19.4 Å². The Kier molecular flexibility index (Phi) is 6.99. The molecule has 2 aromatic rings. The van der Waals surface area contributed by atoms with E-state index in [0.29, 0.717) is 18.2 Å². The first-order valence-corrected chi connectivity index (χ1v) is 9.51. The molecule has 29 heavy (non-hydrogen) atoms. The highest BCUT2D eigenvalue weighted by molar-refractivity contribution is 5.80. The number of nitrogens with one attached hydrogen (secondary N) is 1. The summed E-state index contributed by atoms with van der Waals surface area (Å²) in [5, 5.41) is 3.32. The Morgan fingerprint density at radius 1 is 1.31 bits per heavy atom. The molecule has 1 fully saturated rings. The minimum absolute atomic E-state index is 0.0378. The largest absolute Gasteiger partial charge is 0.469 e. The monoisotopic (exact) mass is 400 g/mol. The summed E-state index contributed by atoms with van der Waals surface area (Å²) in [6.07, 6.45) is 3.21. The number of ether oxygens (including phenoxy) is 2. The minimum Gasteiger partial charge on any atom is -0.469 e. The van der Waals surface area contributed by atoms with Crippen LogP contribution in [0.25, 0.3) is 0 Å². The number of carbonyl (C=O) groups excluding carboxylic acids is 1. The molecule has 0 amide bonds. The van der Waals surface area contributed by atoms with E-state index < -0.39 is 0 Å². The number of pyridine rings is 1. The van der Waals surface area contributed by atoms with Crippen LogP contribution in [0.3, 0.4) is 0 Å². The summed E-state index contributed by atoms with van der Waals surface area (Å²) in [7, 11) is 3.17. The van der Waals surface area contributed by atoms with E-state index in [1.54, 1.807) is 31.4 Å². The number of carbonyl (C=O) groups is 1. The van der Waals surface area contributed by atoms with Gasteiger partial charge in [0, 0.05) is 45.0 Å². The lowest BCUT2D eigenvalue weighted by molar-refractivity contribution is -0.146. The van der Waals surface area contributed by atoms with Gasteiger partial charge in [0.2, 0.25) is 5.88 Å². The van der Waals surface area contributed by atoms with Crippen molar-refractivity contribution in [2.75, 3.05) is 27.2 Å². The number of hydrogen-bond acceptors (Lipinski definition) is 5. The first kappa shape index (κ1) is 20.6. The molecule has 0 radical (unpaired) electrons. The van der Waals surface area contributed by atoms with Crippen molar-refractivity contribution in [3.63, 3.8) is 0 Å². The second-order valence-electron chi connectivity index (χ2n) is 6.75. The van der Waals surface area contributed by atoms with Crippen LogP contribution in [0.5, 0.6) is 11.6 Å². The van der Waals surface area contributed by atoms with Crippen LogP contribution in [0, 0.1) is 11.7 Å². The van der Waals surface area contributed by atoms with Gasteiger partial charge in [0.25, 0.3) is 0 Å². The fourth-order valence-corrected chi connectivity index (χ4v) is 3.23. The van der Waals surface area contributed by atoms with Gasteiger partial charge in [-0.05, 0) is 30.5 Å². The number of aliphatic imine (C=N–C) groups is 1. The molecule has 1 N–H and O–H groups in total. The molecule has 1 aromatic carbocycles. The summed E-state index contributed by atoms with van der Waals surface area (Å²) < 4.78 is 23.6. The lowest BCUT2D eigenvalue weighted by atomic mass is 9.97. The maximum Gasteiger partial charge on any atom is 0.308 e. The van der Waals surface area contributed by atoms with Crippen molar-refractivity contribution in [3.8, 4) is 11.6 Å². The van der Waals surface area contributed by atoms with E-state index in [-0.39, 0.29) is 17.7 Å². The minimum atomic E-state index is -0.356. The maximum absolute atomic E-state index is 13.2. The zero-order valence-electron chi connectivity index (χ0n) is 16.6. The number of benzene rings is 1. The Labute approximate surface area is 169 Å². The molecule has 0 spiro atoms. The van der Waals surface area contributed by atoms with E-state index in [2.05, 4.69) is 20.2 Å². The molecule has 0 unspecified atom stereocenters. The van der Waals surface area contributed by atoms with Gasteiger partial charge in [-0.2, -0.15) is 0 Å². The number of likely N-dealkylation sites (tertiary alicyclic amines) is 1. The van der Waals surface area contributed by atoms with E-state index in [1.807, 2.05) is 6.07 Å². The normalized spacial score (nSPS) is 15.1. The average Bonchev–Trinajstić information content (AvgIpc) is 2.75. The Morgan fingerprint density at radius 3 is 2.72 bits per heavy atom. The first-order valence-electron chi connectivity index (χ1n) is 9.51. The van der Waals surface area contributed by atoms with Crippen LogP contribution in [0.2, 0.25) is 0 Å². The van der Waals surface area contributed by atoms with Crippen molar-refractivity contribution < 1.29 is 18.7 Å². The predicted octanol–water partition coefficient (Wildman–Crippen LogP) is 2.97. The van der Waals surface area contributed by atoms with Gasteiger partial charge in [-0.15, -0.1) is 0 Å². The number of guanidine groups is 1. The van der Waals surface area contributed by atoms with Gasteiger partial charge in [0.05, 0.1) is 13.0 Å². The second-order valence-corrected chi connectivity index (χ2v) is 6.75. The third-order valence-electron chi connectivity index (χ3n) is 4.81. The van der Waals surface area contributed by atoms with Crippen LogP contribution in [-0.2, 0) is 16.1 Å². The molecule has 1 aliphatic heterocycles. The molecule has 7 nitrogen and oxygen atoms in total. The number of halogens is 1. The second kappa shape index (κ2) is 9.86. The van der Waals surface area contributed by atoms with Gasteiger partial charge in [0.15, 0.2) is 5.96 Å². The number of rotatable bonds is 5. The molecule has 3 rings (SSSR count). The quantitative estimate of drug-likeness (QED) is 0.472. The summed E-state index contributed by atoms with van der Waals surface area (Å²) >= 11 is 0. The summed E-state index contributed by atoms with van der Waals surface area (Å²) in [5.41, 5.74) is 0.960. The van der Waals surface area contributed by atoms with Gasteiger partial charge in [-0.3, -0.25) is 9.79 Å². The Hall–Kier alpha value is -3.16.